The average Bonchev–Trinajstić information content (AvgIpc) is 3.09. The number of rotatable bonds is 6. The maximum atomic E-state index is 12.3. The van der Waals surface area contributed by atoms with Crippen molar-refractivity contribution in [3.63, 3.8) is 0 Å². The Morgan fingerprint density at radius 1 is 1.23 bits per heavy atom. The van der Waals surface area contributed by atoms with Crippen LogP contribution in [0.15, 0.2) is 53.7 Å². The van der Waals surface area contributed by atoms with Gasteiger partial charge in [0.1, 0.15) is 0 Å². The van der Waals surface area contributed by atoms with Crippen molar-refractivity contribution in [3.8, 4) is 5.69 Å². The topological polar surface area (TPSA) is 72.7 Å². The molecule has 0 fully saturated rings. The van der Waals surface area contributed by atoms with E-state index in [1.165, 1.54) is 11.8 Å². The highest BCUT2D eigenvalue weighted by Crippen LogP contribution is 2.23. The van der Waals surface area contributed by atoms with E-state index in [9.17, 15) is 4.79 Å². The van der Waals surface area contributed by atoms with E-state index in [4.69, 9.17) is 11.6 Å². The SMILES string of the molecule is Cc1ccc(-n2nnnc2SCC(=O)NC(C)c2ccccc2Cl)cc1. The van der Waals surface area contributed by atoms with E-state index in [1.807, 2.05) is 62.4 Å². The smallest absolute Gasteiger partial charge is 0.230 e. The minimum atomic E-state index is -0.176. The average molecular weight is 388 g/mol. The second-order valence-electron chi connectivity index (χ2n) is 5.81. The van der Waals surface area contributed by atoms with Crippen LogP contribution in [0.3, 0.4) is 0 Å². The molecule has 0 bridgehead atoms. The molecule has 3 rings (SSSR count). The summed E-state index contributed by atoms with van der Waals surface area (Å²) >= 11 is 7.46. The van der Waals surface area contributed by atoms with Gasteiger partial charge in [-0.3, -0.25) is 4.79 Å². The number of carbonyl (C=O) groups excluding carboxylic acids is 1. The lowest BCUT2D eigenvalue weighted by molar-refractivity contribution is -0.119. The number of benzene rings is 2. The summed E-state index contributed by atoms with van der Waals surface area (Å²) < 4.78 is 1.62. The van der Waals surface area contributed by atoms with Gasteiger partial charge in [0.05, 0.1) is 17.5 Å². The van der Waals surface area contributed by atoms with Crippen LogP contribution in [0, 0.1) is 6.92 Å². The summed E-state index contributed by atoms with van der Waals surface area (Å²) in [6, 6.07) is 15.2. The lowest BCUT2D eigenvalue weighted by Gasteiger charge is -2.15. The number of nitrogens with zero attached hydrogens (tertiary/aromatic N) is 4. The zero-order valence-electron chi connectivity index (χ0n) is 14.4. The monoisotopic (exact) mass is 387 g/mol. The molecule has 6 nitrogen and oxygen atoms in total. The van der Waals surface area contributed by atoms with Crippen molar-refractivity contribution >= 4 is 29.3 Å². The number of aromatic nitrogens is 4. The first-order valence-corrected chi connectivity index (χ1v) is 9.43. The molecule has 0 saturated carbocycles. The summed E-state index contributed by atoms with van der Waals surface area (Å²) in [5.74, 6) is 0.0991. The minimum absolute atomic E-state index is 0.110. The molecule has 0 aliphatic rings. The standard InChI is InChI=1S/C18H18ClN5OS/c1-12-7-9-14(10-8-12)24-18(21-22-23-24)26-11-17(25)20-13(2)15-5-3-4-6-16(15)19/h3-10,13H,11H2,1-2H3,(H,20,25). The quantitative estimate of drug-likeness (QED) is 0.654. The first-order chi connectivity index (χ1) is 12.5. The van der Waals surface area contributed by atoms with Crippen molar-refractivity contribution in [1.82, 2.24) is 25.5 Å². The Kier molecular flexibility index (Phi) is 5.90. The van der Waals surface area contributed by atoms with Crippen LogP contribution in [-0.2, 0) is 4.79 Å². The third kappa shape index (κ3) is 4.42. The second kappa shape index (κ2) is 8.33. The molecule has 0 saturated heterocycles. The maximum Gasteiger partial charge on any atom is 0.230 e. The van der Waals surface area contributed by atoms with Gasteiger partial charge in [-0.15, -0.1) is 5.10 Å². The number of carbonyl (C=O) groups is 1. The molecule has 1 atom stereocenters. The van der Waals surface area contributed by atoms with Gasteiger partial charge in [-0.25, -0.2) is 0 Å². The van der Waals surface area contributed by atoms with Gasteiger partial charge in [-0.1, -0.05) is 59.3 Å². The lowest BCUT2D eigenvalue weighted by atomic mass is 10.1. The van der Waals surface area contributed by atoms with Gasteiger partial charge in [0.2, 0.25) is 11.1 Å². The number of amides is 1. The van der Waals surface area contributed by atoms with Crippen LogP contribution in [0.5, 0.6) is 0 Å². The number of hydrogen-bond acceptors (Lipinski definition) is 5. The predicted octanol–water partition coefficient (Wildman–Crippen LogP) is 3.59. The van der Waals surface area contributed by atoms with Crippen LogP contribution in [0.25, 0.3) is 5.69 Å². The third-order valence-corrected chi connectivity index (χ3v) is 5.06. The van der Waals surface area contributed by atoms with Gasteiger partial charge in [0.15, 0.2) is 0 Å². The Labute approximate surface area is 160 Å². The molecule has 0 aliphatic carbocycles. The van der Waals surface area contributed by atoms with Crippen molar-refractivity contribution in [1.29, 1.82) is 0 Å². The van der Waals surface area contributed by atoms with E-state index in [-0.39, 0.29) is 17.7 Å². The van der Waals surface area contributed by atoms with E-state index in [2.05, 4.69) is 20.8 Å². The number of aryl methyl sites for hydroxylation is 1. The summed E-state index contributed by atoms with van der Waals surface area (Å²) in [6.45, 7) is 3.92. The van der Waals surface area contributed by atoms with Gasteiger partial charge < -0.3 is 5.32 Å². The molecule has 2 aromatic carbocycles. The third-order valence-electron chi connectivity index (χ3n) is 3.80. The zero-order valence-corrected chi connectivity index (χ0v) is 16.0. The zero-order chi connectivity index (χ0) is 18.5. The van der Waals surface area contributed by atoms with Gasteiger partial charge >= 0.3 is 0 Å². The van der Waals surface area contributed by atoms with Crippen LogP contribution >= 0.6 is 23.4 Å². The van der Waals surface area contributed by atoms with E-state index in [1.54, 1.807) is 4.68 Å². The molecule has 1 aromatic heterocycles. The van der Waals surface area contributed by atoms with E-state index in [0.717, 1.165) is 16.8 Å². The molecule has 0 aliphatic heterocycles. The van der Waals surface area contributed by atoms with Crippen molar-refractivity contribution < 1.29 is 4.79 Å². The summed E-state index contributed by atoms with van der Waals surface area (Å²) in [5.41, 5.74) is 2.90. The van der Waals surface area contributed by atoms with E-state index in [0.29, 0.717) is 10.2 Å². The first-order valence-electron chi connectivity index (χ1n) is 8.06. The van der Waals surface area contributed by atoms with Crippen molar-refractivity contribution in [2.24, 2.45) is 0 Å². The summed E-state index contributed by atoms with van der Waals surface area (Å²) in [6.07, 6.45) is 0. The van der Waals surface area contributed by atoms with Crippen LogP contribution in [0.4, 0.5) is 0 Å². The molecule has 0 radical (unpaired) electrons. The minimum Gasteiger partial charge on any atom is -0.349 e. The molecule has 26 heavy (non-hydrogen) atoms. The van der Waals surface area contributed by atoms with Crippen molar-refractivity contribution in [2.75, 3.05) is 5.75 Å². The van der Waals surface area contributed by atoms with E-state index >= 15 is 0 Å². The van der Waals surface area contributed by atoms with Gasteiger partial charge in [0, 0.05) is 5.02 Å². The maximum absolute atomic E-state index is 12.3. The molecular formula is C18H18ClN5OS. The molecule has 134 valence electrons. The fourth-order valence-corrected chi connectivity index (χ4v) is 3.44. The highest BCUT2D eigenvalue weighted by Gasteiger charge is 2.15. The van der Waals surface area contributed by atoms with Crippen molar-refractivity contribution in [3.05, 3.63) is 64.7 Å². The number of thioether (sulfide) groups is 1. The highest BCUT2D eigenvalue weighted by atomic mass is 35.5. The number of hydrogen-bond donors (Lipinski definition) is 1. The lowest BCUT2D eigenvalue weighted by Crippen LogP contribution is -2.28. The molecule has 1 heterocycles. The second-order valence-corrected chi connectivity index (χ2v) is 7.16. The normalized spacial score (nSPS) is 12.0. The fraction of sp³-hybridized carbons (Fsp3) is 0.222. The summed E-state index contributed by atoms with van der Waals surface area (Å²) in [5, 5.41) is 15.9. The Hall–Kier alpha value is -2.38. The molecule has 3 aromatic rings. The van der Waals surface area contributed by atoms with Crippen LogP contribution in [0.1, 0.15) is 24.1 Å². The molecular weight excluding hydrogens is 370 g/mol. The Morgan fingerprint density at radius 3 is 2.69 bits per heavy atom. The Balaban J connectivity index is 1.61. The van der Waals surface area contributed by atoms with Crippen LogP contribution in [0.2, 0.25) is 5.02 Å². The number of tetrazole rings is 1. The largest absolute Gasteiger partial charge is 0.349 e. The highest BCUT2D eigenvalue weighted by molar-refractivity contribution is 7.99. The molecule has 1 amide bonds. The molecule has 1 N–H and O–H groups in total. The molecule has 0 spiro atoms. The number of halogens is 1. The Morgan fingerprint density at radius 2 is 1.96 bits per heavy atom. The van der Waals surface area contributed by atoms with Crippen molar-refractivity contribution in [2.45, 2.75) is 25.0 Å². The molecule has 1 unspecified atom stereocenters. The van der Waals surface area contributed by atoms with Gasteiger partial charge in [0.25, 0.3) is 0 Å². The summed E-state index contributed by atoms with van der Waals surface area (Å²) in [7, 11) is 0. The van der Waals surface area contributed by atoms with Gasteiger partial charge in [-0.05, 0) is 48.0 Å². The molecule has 8 heteroatoms. The predicted molar refractivity (Wildman–Crippen MR) is 103 cm³/mol. The van der Waals surface area contributed by atoms with Gasteiger partial charge in [-0.2, -0.15) is 4.68 Å². The van der Waals surface area contributed by atoms with Crippen LogP contribution < -0.4 is 5.32 Å². The summed E-state index contributed by atoms with van der Waals surface area (Å²) in [4.78, 5) is 12.3. The number of nitrogens with one attached hydrogen (secondary N) is 1. The fourth-order valence-electron chi connectivity index (χ4n) is 2.43. The van der Waals surface area contributed by atoms with E-state index < -0.39 is 0 Å². The Bertz CT molecular complexity index is 897. The first kappa shape index (κ1) is 18.4. The van der Waals surface area contributed by atoms with Crippen LogP contribution in [-0.4, -0.2) is 31.9 Å².